The van der Waals surface area contributed by atoms with Crippen molar-refractivity contribution in [1.82, 2.24) is 9.78 Å². The Morgan fingerprint density at radius 3 is 2.70 bits per heavy atom. The fourth-order valence-electron chi connectivity index (χ4n) is 2.46. The van der Waals surface area contributed by atoms with Gasteiger partial charge in [0.15, 0.2) is 0 Å². The number of nitrogens with zero attached hydrogens (tertiary/aromatic N) is 2. The number of ether oxygens (including phenoxy) is 1. The Bertz CT molecular complexity index is 633. The molecule has 1 aliphatic rings. The highest BCUT2D eigenvalue weighted by atomic mass is 35.5. The van der Waals surface area contributed by atoms with Gasteiger partial charge < -0.3 is 4.74 Å². The van der Waals surface area contributed by atoms with Gasteiger partial charge in [-0.05, 0) is 18.4 Å². The van der Waals surface area contributed by atoms with Crippen LogP contribution in [0.1, 0.15) is 24.0 Å². The lowest BCUT2D eigenvalue weighted by atomic mass is 10.00. The standard InChI is InChI=1S/C15H15ClN2O2/c1-20-14(19)15(7-8-15)12-9-17-18(13(12)16)10-11-5-3-2-4-6-11/h2-6,9H,7-8,10H2,1H3. The third-order valence-corrected chi connectivity index (χ3v) is 4.19. The number of carbonyl (C=O) groups excluding carboxylic acids is 1. The van der Waals surface area contributed by atoms with Crippen molar-refractivity contribution in [2.75, 3.05) is 7.11 Å². The van der Waals surface area contributed by atoms with E-state index in [1.807, 2.05) is 30.3 Å². The van der Waals surface area contributed by atoms with Gasteiger partial charge in [0.25, 0.3) is 0 Å². The third kappa shape index (κ3) is 2.10. The predicted molar refractivity (Wildman–Crippen MR) is 75.7 cm³/mol. The Balaban J connectivity index is 1.88. The van der Waals surface area contributed by atoms with E-state index in [-0.39, 0.29) is 5.97 Å². The molecule has 0 amide bonds. The zero-order valence-corrected chi connectivity index (χ0v) is 11.9. The minimum atomic E-state index is -0.569. The smallest absolute Gasteiger partial charge is 0.316 e. The second-order valence-electron chi connectivity index (χ2n) is 5.07. The number of methoxy groups -OCH3 is 1. The lowest BCUT2D eigenvalue weighted by Gasteiger charge is -2.11. The van der Waals surface area contributed by atoms with Crippen molar-refractivity contribution in [3.63, 3.8) is 0 Å². The number of carbonyl (C=O) groups is 1. The molecule has 0 bridgehead atoms. The highest BCUT2D eigenvalue weighted by Gasteiger charge is 2.54. The number of esters is 1. The number of hydrogen-bond donors (Lipinski definition) is 0. The van der Waals surface area contributed by atoms with Gasteiger partial charge in [0.2, 0.25) is 0 Å². The fourth-order valence-corrected chi connectivity index (χ4v) is 2.79. The molecule has 2 aromatic rings. The highest BCUT2D eigenvalue weighted by Crippen LogP contribution is 2.51. The van der Waals surface area contributed by atoms with E-state index in [0.29, 0.717) is 11.7 Å². The van der Waals surface area contributed by atoms with Gasteiger partial charge in [-0.25, -0.2) is 4.68 Å². The van der Waals surface area contributed by atoms with Crippen LogP contribution in [0, 0.1) is 0 Å². The molecule has 1 aliphatic carbocycles. The molecule has 3 rings (SSSR count). The summed E-state index contributed by atoms with van der Waals surface area (Å²) in [4.78, 5) is 11.9. The van der Waals surface area contributed by atoms with Gasteiger partial charge in [-0.2, -0.15) is 5.10 Å². The van der Waals surface area contributed by atoms with Gasteiger partial charge >= 0.3 is 5.97 Å². The van der Waals surface area contributed by atoms with Crippen molar-refractivity contribution < 1.29 is 9.53 Å². The lowest BCUT2D eigenvalue weighted by molar-refractivity contribution is -0.143. The molecule has 0 radical (unpaired) electrons. The third-order valence-electron chi connectivity index (χ3n) is 3.79. The Morgan fingerprint density at radius 2 is 2.10 bits per heavy atom. The number of benzene rings is 1. The van der Waals surface area contributed by atoms with E-state index in [1.54, 1.807) is 10.9 Å². The fraction of sp³-hybridized carbons (Fsp3) is 0.333. The Kier molecular flexibility index (Phi) is 3.26. The monoisotopic (exact) mass is 290 g/mol. The summed E-state index contributed by atoms with van der Waals surface area (Å²) in [5.74, 6) is -0.223. The molecule has 20 heavy (non-hydrogen) atoms. The van der Waals surface area contributed by atoms with Crippen molar-refractivity contribution in [2.45, 2.75) is 24.8 Å². The van der Waals surface area contributed by atoms with Gasteiger partial charge in [0, 0.05) is 5.56 Å². The highest BCUT2D eigenvalue weighted by molar-refractivity contribution is 6.30. The maximum atomic E-state index is 11.9. The van der Waals surface area contributed by atoms with Crippen molar-refractivity contribution in [3.05, 3.63) is 52.8 Å². The molecule has 0 saturated heterocycles. The molecule has 1 fully saturated rings. The van der Waals surface area contributed by atoms with Crippen LogP contribution in [0.15, 0.2) is 36.5 Å². The largest absolute Gasteiger partial charge is 0.468 e. The van der Waals surface area contributed by atoms with E-state index in [9.17, 15) is 4.79 Å². The van der Waals surface area contributed by atoms with E-state index < -0.39 is 5.41 Å². The van der Waals surface area contributed by atoms with E-state index in [4.69, 9.17) is 16.3 Å². The average molecular weight is 291 g/mol. The molecule has 0 unspecified atom stereocenters. The van der Waals surface area contributed by atoms with Crippen LogP contribution in [0.5, 0.6) is 0 Å². The van der Waals surface area contributed by atoms with Crippen molar-refractivity contribution in [1.29, 1.82) is 0 Å². The van der Waals surface area contributed by atoms with E-state index in [2.05, 4.69) is 5.10 Å². The molecule has 0 atom stereocenters. The van der Waals surface area contributed by atoms with Crippen LogP contribution in [-0.2, 0) is 21.5 Å². The number of hydrogen-bond acceptors (Lipinski definition) is 3. The molecular weight excluding hydrogens is 276 g/mol. The maximum absolute atomic E-state index is 11.9. The van der Waals surface area contributed by atoms with E-state index in [0.717, 1.165) is 24.0 Å². The maximum Gasteiger partial charge on any atom is 0.316 e. The van der Waals surface area contributed by atoms with Crippen LogP contribution in [0.25, 0.3) is 0 Å². The first-order valence-corrected chi connectivity index (χ1v) is 6.89. The number of aromatic nitrogens is 2. The second-order valence-corrected chi connectivity index (χ2v) is 5.42. The molecule has 1 heterocycles. The molecule has 1 saturated carbocycles. The summed E-state index contributed by atoms with van der Waals surface area (Å²) >= 11 is 6.39. The van der Waals surface area contributed by atoms with Gasteiger partial charge in [0.1, 0.15) is 5.15 Å². The zero-order chi connectivity index (χ0) is 14.2. The average Bonchev–Trinajstić information content (AvgIpc) is 3.21. The number of rotatable bonds is 4. The molecule has 4 nitrogen and oxygen atoms in total. The van der Waals surface area contributed by atoms with Crippen LogP contribution >= 0.6 is 11.6 Å². The van der Waals surface area contributed by atoms with Gasteiger partial charge in [-0.3, -0.25) is 4.79 Å². The molecule has 0 spiro atoms. The molecule has 5 heteroatoms. The lowest BCUT2D eigenvalue weighted by Crippen LogP contribution is -2.21. The zero-order valence-electron chi connectivity index (χ0n) is 11.2. The van der Waals surface area contributed by atoms with E-state index in [1.165, 1.54) is 7.11 Å². The first kappa shape index (κ1) is 13.2. The molecule has 0 N–H and O–H groups in total. The second kappa shape index (κ2) is 4.94. The topological polar surface area (TPSA) is 44.1 Å². The minimum Gasteiger partial charge on any atom is -0.468 e. The van der Waals surface area contributed by atoms with Gasteiger partial charge in [-0.1, -0.05) is 41.9 Å². The quantitative estimate of drug-likeness (QED) is 0.813. The Hall–Kier alpha value is -1.81. The van der Waals surface area contributed by atoms with E-state index >= 15 is 0 Å². The first-order valence-electron chi connectivity index (χ1n) is 6.51. The van der Waals surface area contributed by atoms with Crippen LogP contribution in [-0.4, -0.2) is 22.9 Å². The summed E-state index contributed by atoms with van der Waals surface area (Å²) in [6.07, 6.45) is 3.24. The molecule has 1 aromatic carbocycles. The van der Waals surface area contributed by atoms with Gasteiger partial charge in [0.05, 0.1) is 25.3 Å². The Morgan fingerprint density at radius 1 is 1.40 bits per heavy atom. The van der Waals surface area contributed by atoms with Crippen LogP contribution < -0.4 is 0 Å². The van der Waals surface area contributed by atoms with Gasteiger partial charge in [-0.15, -0.1) is 0 Å². The summed E-state index contributed by atoms with van der Waals surface area (Å²) in [5, 5.41) is 4.84. The normalized spacial score (nSPS) is 15.9. The summed E-state index contributed by atoms with van der Waals surface area (Å²) in [7, 11) is 1.41. The van der Waals surface area contributed by atoms with Crippen molar-refractivity contribution in [3.8, 4) is 0 Å². The van der Waals surface area contributed by atoms with Crippen LogP contribution in [0.2, 0.25) is 5.15 Å². The number of halogens is 1. The first-order chi connectivity index (χ1) is 9.67. The van der Waals surface area contributed by atoms with Crippen molar-refractivity contribution in [2.24, 2.45) is 0 Å². The SMILES string of the molecule is COC(=O)C1(c2cnn(Cc3ccccc3)c2Cl)CC1. The molecule has 104 valence electrons. The van der Waals surface area contributed by atoms with Crippen LogP contribution in [0.4, 0.5) is 0 Å². The summed E-state index contributed by atoms with van der Waals surface area (Å²) in [6.45, 7) is 0.594. The molecule has 1 aromatic heterocycles. The predicted octanol–water partition coefficient (Wildman–Crippen LogP) is 2.79. The van der Waals surface area contributed by atoms with Crippen LogP contribution in [0.3, 0.4) is 0 Å². The summed E-state index contributed by atoms with van der Waals surface area (Å²) < 4.78 is 6.60. The molecular formula is C15H15ClN2O2. The molecule has 0 aliphatic heterocycles. The Labute approximate surface area is 122 Å². The van der Waals surface area contributed by atoms with Crippen molar-refractivity contribution >= 4 is 17.6 Å². The summed E-state index contributed by atoms with van der Waals surface area (Å²) in [6, 6.07) is 9.96. The minimum absolute atomic E-state index is 0.223. The summed E-state index contributed by atoms with van der Waals surface area (Å²) in [5.41, 5.74) is 1.33.